The van der Waals surface area contributed by atoms with Crippen molar-refractivity contribution in [3.8, 4) is 11.6 Å². The maximum atomic E-state index is 11.8. The van der Waals surface area contributed by atoms with E-state index >= 15 is 0 Å². The van der Waals surface area contributed by atoms with E-state index in [0.717, 1.165) is 0 Å². The van der Waals surface area contributed by atoms with Crippen LogP contribution in [0, 0.1) is 0 Å². The van der Waals surface area contributed by atoms with Crippen LogP contribution in [0.3, 0.4) is 0 Å². The zero-order valence-corrected chi connectivity index (χ0v) is 11.2. The Hall–Kier alpha value is -3.26. The molecule has 1 amide bonds. The number of hydrogen-bond donors (Lipinski definition) is 1. The second-order valence-electron chi connectivity index (χ2n) is 4.39. The molecule has 1 aliphatic heterocycles. The van der Waals surface area contributed by atoms with Crippen molar-refractivity contribution in [3.63, 3.8) is 0 Å². The fourth-order valence-corrected chi connectivity index (χ4v) is 1.95. The van der Waals surface area contributed by atoms with Gasteiger partial charge in [0.25, 0.3) is 5.91 Å². The highest BCUT2D eigenvalue weighted by atomic mass is 16.5. The molecule has 0 saturated heterocycles. The molecule has 0 spiro atoms. The maximum absolute atomic E-state index is 11.8. The van der Waals surface area contributed by atoms with Crippen LogP contribution < -0.4 is 15.8 Å². The summed E-state index contributed by atoms with van der Waals surface area (Å²) in [7, 11) is 0. The Morgan fingerprint density at radius 1 is 1.45 bits per heavy atom. The predicted octanol–water partition coefficient (Wildman–Crippen LogP) is 1.01. The summed E-state index contributed by atoms with van der Waals surface area (Å²) in [6.07, 6.45) is 1.77. The van der Waals surface area contributed by atoms with Crippen LogP contribution in [0.2, 0.25) is 0 Å². The Morgan fingerprint density at radius 2 is 2.32 bits per heavy atom. The van der Waals surface area contributed by atoms with Crippen LogP contribution in [-0.4, -0.2) is 28.6 Å². The monoisotopic (exact) mass is 302 g/mol. The molecule has 0 saturated carbocycles. The standard InChI is InChI=1S/C12H10N6O4/c13-17-14-4-3-7-5-18(12(20)22-7)9-2-1-8-11(15-9)16-10(19)6-21-8/h1-2,5H,3-4,6H2,(H,15,16,19). The maximum Gasteiger partial charge on any atom is 0.424 e. The number of aromatic nitrogens is 2. The van der Waals surface area contributed by atoms with Crippen molar-refractivity contribution >= 4 is 11.7 Å². The summed E-state index contributed by atoms with van der Waals surface area (Å²) in [5.41, 5.74) is 8.22. The number of amides is 1. The number of carbonyl (C=O) groups excluding carboxylic acids is 1. The first kappa shape index (κ1) is 13.7. The molecule has 0 aromatic carbocycles. The predicted molar refractivity (Wildman–Crippen MR) is 73.9 cm³/mol. The highest BCUT2D eigenvalue weighted by Gasteiger charge is 2.18. The van der Waals surface area contributed by atoms with Crippen molar-refractivity contribution in [1.82, 2.24) is 9.55 Å². The molecular formula is C12H10N6O4. The van der Waals surface area contributed by atoms with E-state index in [1.54, 1.807) is 12.1 Å². The van der Waals surface area contributed by atoms with Crippen molar-refractivity contribution in [3.05, 3.63) is 45.1 Å². The van der Waals surface area contributed by atoms with Gasteiger partial charge in [-0.05, 0) is 17.7 Å². The summed E-state index contributed by atoms with van der Waals surface area (Å²) in [6.45, 7) is 0.119. The van der Waals surface area contributed by atoms with Crippen LogP contribution in [0.5, 0.6) is 5.75 Å². The Balaban J connectivity index is 1.91. The van der Waals surface area contributed by atoms with Gasteiger partial charge in [0.2, 0.25) is 0 Å². The highest BCUT2D eigenvalue weighted by molar-refractivity contribution is 5.94. The third-order valence-electron chi connectivity index (χ3n) is 2.92. The minimum Gasteiger partial charge on any atom is -0.480 e. The number of anilines is 1. The van der Waals surface area contributed by atoms with E-state index in [4.69, 9.17) is 14.7 Å². The molecule has 0 atom stereocenters. The molecule has 10 nitrogen and oxygen atoms in total. The fraction of sp³-hybridized carbons (Fsp3) is 0.250. The SMILES string of the molecule is [N-]=[N+]=NCCc1cn(-c2ccc3c(n2)NC(=O)CO3)c(=O)o1. The molecule has 0 unspecified atom stereocenters. The molecule has 0 bridgehead atoms. The quantitative estimate of drug-likeness (QED) is 0.510. The smallest absolute Gasteiger partial charge is 0.424 e. The molecule has 10 heteroatoms. The number of nitrogens with one attached hydrogen (secondary N) is 1. The van der Waals surface area contributed by atoms with Crippen molar-refractivity contribution in [2.75, 3.05) is 18.5 Å². The van der Waals surface area contributed by atoms with Crippen LogP contribution in [0.1, 0.15) is 5.76 Å². The zero-order valence-electron chi connectivity index (χ0n) is 11.2. The van der Waals surface area contributed by atoms with Crippen LogP contribution in [0.25, 0.3) is 16.3 Å². The van der Waals surface area contributed by atoms with Gasteiger partial charge in [0, 0.05) is 17.9 Å². The van der Waals surface area contributed by atoms with Gasteiger partial charge in [0.15, 0.2) is 18.2 Å². The minimum atomic E-state index is -0.619. The third kappa shape index (κ3) is 2.63. The van der Waals surface area contributed by atoms with Crippen LogP contribution in [0.15, 0.2) is 32.7 Å². The van der Waals surface area contributed by atoms with E-state index in [-0.39, 0.29) is 30.7 Å². The van der Waals surface area contributed by atoms with Gasteiger partial charge >= 0.3 is 5.76 Å². The van der Waals surface area contributed by atoms with Gasteiger partial charge in [-0.15, -0.1) is 0 Å². The lowest BCUT2D eigenvalue weighted by atomic mass is 10.3. The Morgan fingerprint density at radius 3 is 3.14 bits per heavy atom. The number of hydrogen-bond acceptors (Lipinski definition) is 6. The van der Waals surface area contributed by atoms with E-state index in [1.807, 2.05) is 0 Å². The number of fused-ring (bicyclic) bond motifs is 1. The second-order valence-corrected chi connectivity index (χ2v) is 4.39. The number of nitrogens with zero attached hydrogens (tertiary/aromatic N) is 5. The first-order valence-electron chi connectivity index (χ1n) is 6.33. The van der Waals surface area contributed by atoms with Crippen molar-refractivity contribution in [1.29, 1.82) is 0 Å². The number of pyridine rings is 1. The average Bonchev–Trinajstić information content (AvgIpc) is 2.87. The molecule has 0 aliphatic carbocycles. The third-order valence-corrected chi connectivity index (χ3v) is 2.92. The van der Waals surface area contributed by atoms with E-state index < -0.39 is 5.76 Å². The van der Waals surface area contributed by atoms with E-state index in [9.17, 15) is 9.59 Å². The molecule has 3 rings (SSSR count). The van der Waals surface area contributed by atoms with Crippen LogP contribution in [0.4, 0.5) is 5.82 Å². The Labute approximate surface area is 123 Å². The van der Waals surface area contributed by atoms with Gasteiger partial charge in [-0.2, -0.15) is 0 Å². The lowest BCUT2D eigenvalue weighted by molar-refractivity contribution is -0.118. The molecule has 2 aromatic rings. The highest BCUT2D eigenvalue weighted by Crippen LogP contribution is 2.26. The molecule has 1 aliphatic rings. The van der Waals surface area contributed by atoms with E-state index in [0.29, 0.717) is 17.9 Å². The molecule has 0 radical (unpaired) electrons. The first-order valence-corrected chi connectivity index (χ1v) is 6.33. The van der Waals surface area contributed by atoms with E-state index in [2.05, 4.69) is 20.3 Å². The van der Waals surface area contributed by atoms with Gasteiger partial charge in [-0.1, -0.05) is 5.11 Å². The van der Waals surface area contributed by atoms with Gasteiger partial charge in [-0.25, -0.2) is 14.3 Å². The summed E-state index contributed by atoms with van der Waals surface area (Å²) in [4.78, 5) is 29.9. The summed E-state index contributed by atoms with van der Waals surface area (Å²) in [5.74, 6) is 0.407. The van der Waals surface area contributed by atoms with Gasteiger partial charge in [0.1, 0.15) is 11.6 Å². The normalized spacial score (nSPS) is 12.8. The molecule has 3 heterocycles. The van der Waals surface area contributed by atoms with Gasteiger partial charge < -0.3 is 14.5 Å². The number of ether oxygens (including phenoxy) is 1. The van der Waals surface area contributed by atoms with Gasteiger partial charge in [0.05, 0.1) is 6.20 Å². The number of carbonyl (C=O) groups is 1. The average molecular weight is 302 g/mol. The second kappa shape index (κ2) is 5.62. The van der Waals surface area contributed by atoms with Crippen molar-refractivity contribution in [2.24, 2.45) is 5.11 Å². The first-order chi connectivity index (χ1) is 10.7. The molecule has 112 valence electrons. The van der Waals surface area contributed by atoms with Crippen molar-refractivity contribution in [2.45, 2.75) is 6.42 Å². The summed E-state index contributed by atoms with van der Waals surface area (Å²) in [6, 6.07) is 3.18. The Kier molecular flexibility index (Phi) is 3.50. The fourth-order valence-electron chi connectivity index (χ4n) is 1.95. The molecule has 1 N–H and O–H groups in total. The topological polar surface area (TPSA) is 135 Å². The van der Waals surface area contributed by atoms with Crippen LogP contribution >= 0.6 is 0 Å². The molecule has 22 heavy (non-hydrogen) atoms. The lowest BCUT2D eigenvalue weighted by Gasteiger charge is -2.17. The molecular weight excluding hydrogens is 292 g/mol. The summed E-state index contributed by atoms with van der Waals surface area (Å²) in [5, 5.41) is 5.94. The van der Waals surface area contributed by atoms with Crippen molar-refractivity contribution < 1.29 is 13.9 Å². The number of azide groups is 1. The molecule has 0 fully saturated rings. The Bertz CT molecular complexity index is 832. The lowest BCUT2D eigenvalue weighted by Crippen LogP contribution is -2.26. The largest absolute Gasteiger partial charge is 0.480 e. The summed E-state index contributed by atoms with van der Waals surface area (Å²) < 4.78 is 11.4. The number of oxazole rings is 1. The van der Waals surface area contributed by atoms with E-state index in [1.165, 1.54) is 10.8 Å². The molecule has 2 aromatic heterocycles. The number of rotatable bonds is 4. The zero-order chi connectivity index (χ0) is 15.5. The summed E-state index contributed by atoms with van der Waals surface area (Å²) >= 11 is 0. The van der Waals surface area contributed by atoms with Gasteiger partial charge in [-0.3, -0.25) is 4.79 Å². The minimum absolute atomic E-state index is 0.0662. The van der Waals surface area contributed by atoms with Crippen LogP contribution in [-0.2, 0) is 11.2 Å².